The van der Waals surface area contributed by atoms with Crippen molar-refractivity contribution in [3.05, 3.63) is 0 Å². The van der Waals surface area contributed by atoms with Crippen LogP contribution in [-0.4, -0.2) is 48.6 Å². The van der Waals surface area contributed by atoms with E-state index >= 15 is 0 Å². The molecule has 3 heteroatoms. The highest BCUT2D eigenvalue weighted by atomic mass is 32.2. The molecule has 1 aliphatic carbocycles. The number of nitrogens with zero attached hydrogens (tertiary/aromatic N) is 1. The third-order valence-electron chi connectivity index (χ3n) is 3.68. The summed E-state index contributed by atoms with van der Waals surface area (Å²) in [6.45, 7) is 7.16. The Labute approximate surface area is 105 Å². The second-order valence-corrected chi connectivity index (χ2v) is 7.28. The van der Waals surface area contributed by atoms with Crippen molar-refractivity contribution in [2.45, 2.75) is 45.2 Å². The second kappa shape index (κ2) is 5.28. The monoisotopic (exact) mass is 242 g/mol. The number of rotatable bonds is 5. The van der Waals surface area contributed by atoms with Crippen LogP contribution in [0.15, 0.2) is 0 Å². The summed E-state index contributed by atoms with van der Waals surface area (Å²) >= 11 is 2.11. The Kier molecular flexibility index (Phi) is 4.20. The number of hydrogen-bond acceptors (Lipinski definition) is 3. The van der Waals surface area contributed by atoms with Crippen molar-refractivity contribution in [2.24, 2.45) is 5.41 Å². The van der Waals surface area contributed by atoms with Crippen LogP contribution in [0.25, 0.3) is 0 Å². The van der Waals surface area contributed by atoms with Gasteiger partial charge in [0, 0.05) is 30.9 Å². The zero-order valence-corrected chi connectivity index (χ0v) is 11.8. The molecule has 0 aromatic rings. The lowest BCUT2D eigenvalue weighted by Gasteiger charge is -2.35. The average Bonchev–Trinajstić information content (AvgIpc) is 2.99. The number of thioether (sulfide) groups is 1. The minimum absolute atomic E-state index is 0.531. The van der Waals surface area contributed by atoms with Crippen molar-refractivity contribution in [1.82, 2.24) is 10.2 Å². The Morgan fingerprint density at radius 3 is 2.75 bits per heavy atom. The number of likely N-dealkylation sites (N-methyl/N-ethyl adjacent to an activating group) is 1. The quantitative estimate of drug-likeness (QED) is 0.796. The molecule has 1 saturated heterocycles. The lowest BCUT2D eigenvalue weighted by Crippen LogP contribution is -2.43. The van der Waals surface area contributed by atoms with Gasteiger partial charge in [0.1, 0.15) is 0 Å². The van der Waals surface area contributed by atoms with Gasteiger partial charge in [-0.05, 0) is 37.5 Å². The number of nitrogens with one attached hydrogen (secondary N) is 1. The first-order valence-corrected chi connectivity index (χ1v) is 7.74. The first kappa shape index (κ1) is 12.7. The Balaban J connectivity index is 1.61. The molecule has 1 atom stereocenters. The average molecular weight is 242 g/mol. The molecule has 16 heavy (non-hydrogen) atoms. The first-order valence-electron chi connectivity index (χ1n) is 6.58. The topological polar surface area (TPSA) is 15.3 Å². The summed E-state index contributed by atoms with van der Waals surface area (Å²) in [6, 6.07) is 1.64. The van der Waals surface area contributed by atoms with E-state index in [-0.39, 0.29) is 0 Å². The molecule has 2 aliphatic rings. The van der Waals surface area contributed by atoms with Crippen LogP contribution in [-0.2, 0) is 0 Å². The van der Waals surface area contributed by atoms with Crippen molar-refractivity contribution in [3.63, 3.8) is 0 Å². The lowest BCUT2D eigenvalue weighted by molar-refractivity contribution is 0.287. The van der Waals surface area contributed by atoms with Gasteiger partial charge in [-0.25, -0.2) is 0 Å². The highest BCUT2D eigenvalue weighted by molar-refractivity contribution is 7.99. The summed E-state index contributed by atoms with van der Waals surface area (Å²) in [7, 11) is 2.26. The van der Waals surface area contributed by atoms with Crippen LogP contribution in [0.3, 0.4) is 0 Å². The van der Waals surface area contributed by atoms with Crippen molar-refractivity contribution in [3.8, 4) is 0 Å². The molecule has 1 saturated carbocycles. The second-order valence-electron chi connectivity index (χ2n) is 6.25. The molecule has 0 amide bonds. The lowest BCUT2D eigenvalue weighted by atomic mass is 9.88. The molecule has 1 N–H and O–H groups in total. The highest BCUT2D eigenvalue weighted by Crippen LogP contribution is 2.33. The van der Waals surface area contributed by atoms with Gasteiger partial charge in [-0.2, -0.15) is 11.8 Å². The molecule has 0 aromatic carbocycles. The van der Waals surface area contributed by atoms with Crippen LogP contribution < -0.4 is 5.32 Å². The zero-order valence-electron chi connectivity index (χ0n) is 11.0. The van der Waals surface area contributed by atoms with Crippen LogP contribution >= 0.6 is 11.8 Å². The predicted octanol–water partition coefficient (Wildman–Crippen LogP) is 2.20. The van der Waals surface area contributed by atoms with E-state index < -0.39 is 0 Å². The zero-order chi connectivity index (χ0) is 11.6. The first-order chi connectivity index (χ1) is 7.57. The minimum atomic E-state index is 0.531. The van der Waals surface area contributed by atoms with Crippen LogP contribution in [0.1, 0.15) is 33.1 Å². The summed E-state index contributed by atoms with van der Waals surface area (Å²) in [5.74, 6) is 2.63. The Morgan fingerprint density at radius 2 is 2.12 bits per heavy atom. The molecule has 0 aromatic heterocycles. The summed E-state index contributed by atoms with van der Waals surface area (Å²) < 4.78 is 0. The third-order valence-corrected chi connectivity index (χ3v) is 5.30. The van der Waals surface area contributed by atoms with E-state index in [0.717, 1.165) is 18.6 Å². The van der Waals surface area contributed by atoms with E-state index in [1.807, 2.05) is 0 Å². The standard InChI is InChI=1S/C13H26N2S/c1-13(2)8-11(9-16-10-13)14-6-7-15(3)12-4-5-12/h11-12,14H,4-10H2,1-3H3. The number of hydrogen-bond donors (Lipinski definition) is 1. The highest BCUT2D eigenvalue weighted by Gasteiger charge is 2.29. The molecule has 1 unspecified atom stereocenters. The van der Waals surface area contributed by atoms with Crippen molar-refractivity contribution < 1.29 is 0 Å². The van der Waals surface area contributed by atoms with Crippen LogP contribution in [0.2, 0.25) is 0 Å². The molecule has 0 radical (unpaired) electrons. The Bertz CT molecular complexity index is 226. The maximum absolute atomic E-state index is 3.73. The molecule has 2 fully saturated rings. The van der Waals surface area contributed by atoms with Gasteiger partial charge < -0.3 is 10.2 Å². The fourth-order valence-electron chi connectivity index (χ4n) is 2.54. The molecule has 1 heterocycles. The molecule has 0 bridgehead atoms. The van der Waals surface area contributed by atoms with Crippen LogP contribution in [0.4, 0.5) is 0 Å². The molecule has 94 valence electrons. The smallest absolute Gasteiger partial charge is 0.0164 e. The van der Waals surface area contributed by atoms with Gasteiger partial charge in [0.15, 0.2) is 0 Å². The molecule has 2 rings (SSSR count). The maximum Gasteiger partial charge on any atom is 0.0164 e. The largest absolute Gasteiger partial charge is 0.312 e. The van der Waals surface area contributed by atoms with Crippen molar-refractivity contribution in [1.29, 1.82) is 0 Å². The van der Waals surface area contributed by atoms with Crippen LogP contribution in [0, 0.1) is 5.41 Å². The Morgan fingerprint density at radius 1 is 1.38 bits per heavy atom. The fourth-order valence-corrected chi connectivity index (χ4v) is 3.84. The van der Waals surface area contributed by atoms with Gasteiger partial charge in [0.25, 0.3) is 0 Å². The van der Waals surface area contributed by atoms with Crippen LogP contribution in [0.5, 0.6) is 0 Å². The SMILES string of the molecule is CN(CCNC1CSCC(C)(C)C1)C1CC1. The predicted molar refractivity (Wildman–Crippen MR) is 73.2 cm³/mol. The molecule has 2 nitrogen and oxygen atoms in total. The summed E-state index contributed by atoms with van der Waals surface area (Å²) in [5.41, 5.74) is 0.531. The summed E-state index contributed by atoms with van der Waals surface area (Å²) in [6.07, 6.45) is 4.18. The van der Waals surface area contributed by atoms with E-state index in [0.29, 0.717) is 5.41 Å². The van der Waals surface area contributed by atoms with Gasteiger partial charge >= 0.3 is 0 Å². The van der Waals surface area contributed by atoms with E-state index in [4.69, 9.17) is 0 Å². The molecule has 1 aliphatic heterocycles. The normalized spacial score (nSPS) is 29.6. The van der Waals surface area contributed by atoms with E-state index in [2.05, 4.69) is 42.9 Å². The fraction of sp³-hybridized carbons (Fsp3) is 1.00. The summed E-state index contributed by atoms with van der Waals surface area (Å²) in [5, 5.41) is 3.73. The molecular formula is C13H26N2S. The minimum Gasteiger partial charge on any atom is -0.312 e. The molecular weight excluding hydrogens is 216 g/mol. The van der Waals surface area contributed by atoms with Gasteiger partial charge in [0.05, 0.1) is 0 Å². The van der Waals surface area contributed by atoms with Gasteiger partial charge in [0.2, 0.25) is 0 Å². The maximum atomic E-state index is 3.73. The van der Waals surface area contributed by atoms with Crippen molar-refractivity contribution in [2.75, 3.05) is 31.6 Å². The summed E-state index contributed by atoms with van der Waals surface area (Å²) in [4.78, 5) is 2.51. The van der Waals surface area contributed by atoms with Gasteiger partial charge in [-0.3, -0.25) is 0 Å². The third kappa shape index (κ3) is 3.94. The van der Waals surface area contributed by atoms with E-state index in [1.165, 1.54) is 37.3 Å². The Hall–Kier alpha value is 0.270. The van der Waals surface area contributed by atoms with Gasteiger partial charge in [-0.15, -0.1) is 0 Å². The van der Waals surface area contributed by atoms with Crippen molar-refractivity contribution >= 4 is 11.8 Å². The van der Waals surface area contributed by atoms with Gasteiger partial charge in [-0.1, -0.05) is 13.8 Å². The van der Waals surface area contributed by atoms with E-state index in [9.17, 15) is 0 Å². The molecule has 0 spiro atoms. The van der Waals surface area contributed by atoms with E-state index in [1.54, 1.807) is 0 Å².